The maximum atomic E-state index is 4.91. The second-order valence-electron chi connectivity index (χ2n) is 6.45. The molecule has 2 fully saturated rings. The van der Waals surface area contributed by atoms with Gasteiger partial charge in [0, 0.05) is 21.0 Å². The quantitative estimate of drug-likeness (QED) is 0.852. The van der Waals surface area contributed by atoms with Crippen LogP contribution < -0.4 is 5.32 Å². The van der Waals surface area contributed by atoms with Crippen LogP contribution in [-0.4, -0.2) is 16.5 Å². The van der Waals surface area contributed by atoms with E-state index in [0.29, 0.717) is 5.54 Å². The summed E-state index contributed by atoms with van der Waals surface area (Å²) in [6, 6.07) is 4.68. The average Bonchev–Trinajstić information content (AvgIpc) is 2.97. The van der Waals surface area contributed by atoms with Crippen LogP contribution in [0.1, 0.15) is 55.3 Å². The molecule has 1 aliphatic carbocycles. The fourth-order valence-corrected chi connectivity index (χ4v) is 5.53. The van der Waals surface area contributed by atoms with Crippen molar-refractivity contribution in [3.63, 3.8) is 0 Å². The van der Waals surface area contributed by atoms with E-state index in [4.69, 9.17) is 4.99 Å². The maximum absolute atomic E-state index is 4.91. The normalized spacial score (nSPS) is 33.5. The van der Waals surface area contributed by atoms with Crippen LogP contribution in [0.25, 0.3) is 0 Å². The number of nitrogens with zero attached hydrogens (tertiary/aromatic N) is 1. The number of aryl methyl sites for hydroxylation is 1. The van der Waals surface area contributed by atoms with Crippen LogP contribution in [0, 0.1) is 12.8 Å². The van der Waals surface area contributed by atoms with Gasteiger partial charge in [0.1, 0.15) is 0 Å². The predicted octanol–water partition coefficient (Wildman–Crippen LogP) is 4.76. The first-order valence-corrected chi connectivity index (χ1v) is 9.42. The summed E-state index contributed by atoms with van der Waals surface area (Å²) in [4.78, 5) is 7.66. The molecule has 3 atom stereocenters. The van der Waals surface area contributed by atoms with E-state index in [2.05, 4.69) is 38.2 Å². The minimum Gasteiger partial charge on any atom is -0.359 e. The summed E-state index contributed by atoms with van der Waals surface area (Å²) >= 11 is 3.79. The number of hydrogen-bond acceptors (Lipinski definition) is 3. The number of amidine groups is 1. The molecule has 2 heterocycles. The second kappa shape index (κ2) is 5.72. The van der Waals surface area contributed by atoms with Crippen molar-refractivity contribution in [1.29, 1.82) is 0 Å². The van der Waals surface area contributed by atoms with Crippen LogP contribution in [0.5, 0.6) is 0 Å². The van der Waals surface area contributed by atoms with E-state index in [0.717, 1.165) is 11.1 Å². The monoisotopic (exact) mass is 308 g/mol. The zero-order chi connectivity index (χ0) is 14.2. The number of nitrogens with one attached hydrogen (secondary N) is 1. The summed E-state index contributed by atoms with van der Waals surface area (Å²) in [5.74, 6) is 2.06. The molecule has 3 rings (SSSR count). The van der Waals surface area contributed by atoms with Gasteiger partial charge in [0.15, 0.2) is 5.17 Å². The lowest BCUT2D eigenvalue weighted by Gasteiger charge is -2.36. The number of thiophene rings is 1. The van der Waals surface area contributed by atoms with Gasteiger partial charge in [-0.25, -0.2) is 0 Å². The van der Waals surface area contributed by atoms with Crippen molar-refractivity contribution in [1.82, 2.24) is 5.32 Å². The Morgan fingerprint density at radius 3 is 3.00 bits per heavy atom. The minimum absolute atomic E-state index is 0.278. The van der Waals surface area contributed by atoms with Crippen LogP contribution >= 0.6 is 23.1 Å². The van der Waals surface area contributed by atoms with Crippen molar-refractivity contribution in [2.24, 2.45) is 10.9 Å². The van der Waals surface area contributed by atoms with Crippen LogP contribution in [0.3, 0.4) is 0 Å². The van der Waals surface area contributed by atoms with Crippen molar-refractivity contribution in [3.05, 3.63) is 21.9 Å². The van der Waals surface area contributed by atoms with Crippen molar-refractivity contribution < 1.29 is 0 Å². The van der Waals surface area contributed by atoms with Crippen molar-refractivity contribution in [2.75, 3.05) is 5.75 Å². The summed E-state index contributed by atoms with van der Waals surface area (Å²) in [7, 11) is 0. The molecule has 1 saturated heterocycles. The molecule has 0 aromatic carbocycles. The molecule has 4 heteroatoms. The topological polar surface area (TPSA) is 24.4 Å². The highest BCUT2D eigenvalue weighted by atomic mass is 32.2. The number of rotatable bonds is 2. The summed E-state index contributed by atoms with van der Waals surface area (Å²) in [6.45, 7) is 6.75. The largest absolute Gasteiger partial charge is 0.359 e. The fraction of sp³-hybridized carbons (Fsp3) is 0.688. The van der Waals surface area contributed by atoms with Gasteiger partial charge in [-0.2, -0.15) is 0 Å². The van der Waals surface area contributed by atoms with E-state index in [1.54, 1.807) is 0 Å². The highest BCUT2D eigenvalue weighted by molar-refractivity contribution is 8.14. The maximum Gasteiger partial charge on any atom is 0.157 e. The first kappa shape index (κ1) is 14.5. The van der Waals surface area contributed by atoms with E-state index in [1.807, 2.05) is 23.1 Å². The first-order valence-electron chi connectivity index (χ1n) is 7.61. The lowest BCUT2D eigenvalue weighted by atomic mass is 9.78. The van der Waals surface area contributed by atoms with E-state index < -0.39 is 0 Å². The van der Waals surface area contributed by atoms with Gasteiger partial charge in [0.2, 0.25) is 0 Å². The molecule has 2 aliphatic rings. The molecule has 20 heavy (non-hydrogen) atoms. The van der Waals surface area contributed by atoms with Crippen LogP contribution in [-0.2, 0) is 0 Å². The minimum atomic E-state index is 0.278. The molecule has 1 aromatic rings. The van der Waals surface area contributed by atoms with Crippen molar-refractivity contribution in [2.45, 2.75) is 58.0 Å². The Balaban J connectivity index is 1.68. The predicted molar refractivity (Wildman–Crippen MR) is 90.9 cm³/mol. The summed E-state index contributed by atoms with van der Waals surface area (Å²) < 4.78 is 0. The highest BCUT2D eigenvalue weighted by Crippen LogP contribution is 2.39. The third-order valence-corrected chi connectivity index (χ3v) is 6.78. The SMILES string of the molecule is Cc1ccc(C(C)N=C2NC3(CCCC(C)C3)CS2)s1. The lowest BCUT2D eigenvalue weighted by Crippen LogP contribution is -2.47. The summed E-state index contributed by atoms with van der Waals surface area (Å²) in [6.07, 6.45) is 5.38. The lowest BCUT2D eigenvalue weighted by molar-refractivity contribution is 0.242. The Kier molecular flexibility index (Phi) is 4.14. The zero-order valence-corrected chi connectivity index (χ0v) is 14.2. The molecule has 1 N–H and O–H groups in total. The van der Waals surface area contributed by atoms with E-state index in [1.165, 1.54) is 41.2 Å². The third kappa shape index (κ3) is 3.06. The Bertz CT molecular complexity index is 508. The Morgan fingerprint density at radius 2 is 2.30 bits per heavy atom. The molecule has 110 valence electrons. The molecular formula is C16H24N2S2. The van der Waals surface area contributed by atoms with Gasteiger partial charge in [-0.3, -0.25) is 4.99 Å². The summed E-state index contributed by atoms with van der Waals surface area (Å²) in [5.41, 5.74) is 0.340. The van der Waals surface area contributed by atoms with E-state index >= 15 is 0 Å². The van der Waals surface area contributed by atoms with Crippen LogP contribution in [0.2, 0.25) is 0 Å². The average molecular weight is 309 g/mol. The van der Waals surface area contributed by atoms with Gasteiger partial charge < -0.3 is 5.32 Å². The van der Waals surface area contributed by atoms with Gasteiger partial charge >= 0.3 is 0 Å². The second-order valence-corrected chi connectivity index (χ2v) is 8.74. The number of hydrogen-bond donors (Lipinski definition) is 1. The molecule has 2 nitrogen and oxygen atoms in total. The Labute approximate surface area is 130 Å². The zero-order valence-electron chi connectivity index (χ0n) is 12.6. The molecule has 1 aliphatic heterocycles. The molecule has 0 amide bonds. The number of thioether (sulfide) groups is 1. The molecular weight excluding hydrogens is 284 g/mol. The molecule has 3 unspecified atom stereocenters. The van der Waals surface area contributed by atoms with Gasteiger partial charge in [-0.15, -0.1) is 11.3 Å². The van der Waals surface area contributed by atoms with E-state index in [-0.39, 0.29) is 6.04 Å². The van der Waals surface area contributed by atoms with Crippen LogP contribution in [0.15, 0.2) is 17.1 Å². The van der Waals surface area contributed by atoms with Crippen molar-refractivity contribution >= 4 is 28.3 Å². The smallest absolute Gasteiger partial charge is 0.157 e. The molecule has 1 spiro atoms. The van der Waals surface area contributed by atoms with Gasteiger partial charge in [-0.05, 0) is 44.7 Å². The van der Waals surface area contributed by atoms with Crippen molar-refractivity contribution in [3.8, 4) is 0 Å². The van der Waals surface area contributed by atoms with Crippen LogP contribution in [0.4, 0.5) is 0 Å². The summed E-state index contributed by atoms with van der Waals surface area (Å²) in [5, 5.41) is 4.93. The standard InChI is InChI=1S/C16H24N2S2/c1-11-5-4-8-16(9-11)10-19-15(18-16)17-13(3)14-7-6-12(2)20-14/h6-7,11,13H,4-5,8-10H2,1-3H3,(H,17,18). The van der Waals surface area contributed by atoms with Gasteiger partial charge in [0.25, 0.3) is 0 Å². The molecule has 0 bridgehead atoms. The van der Waals surface area contributed by atoms with Gasteiger partial charge in [0.05, 0.1) is 6.04 Å². The Morgan fingerprint density at radius 1 is 1.45 bits per heavy atom. The number of aliphatic imine (C=N–C) groups is 1. The first-order chi connectivity index (χ1) is 9.56. The fourth-order valence-electron chi connectivity index (χ4n) is 3.40. The third-order valence-electron chi connectivity index (χ3n) is 4.43. The highest BCUT2D eigenvalue weighted by Gasteiger charge is 2.40. The van der Waals surface area contributed by atoms with E-state index in [9.17, 15) is 0 Å². The van der Waals surface area contributed by atoms with Gasteiger partial charge in [-0.1, -0.05) is 31.5 Å². The molecule has 1 aromatic heterocycles. The molecule has 1 saturated carbocycles. The Hall–Kier alpha value is -0.480. The molecule has 0 radical (unpaired) electrons.